The van der Waals surface area contributed by atoms with E-state index in [1.807, 2.05) is 0 Å². The van der Waals surface area contributed by atoms with Crippen LogP contribution >= 0.6 is 0 Å². The quantitative estimate of drug-likeness (QED) is 0.0312. The smallest absolute Gasteiger partial charge is 0.220 e. The molecule has 0 bridgehead atoms. The maximum absolute atomic E-state index is 13.2. The summed E-state index contributed by atoms with van der Waals surface area (Å²) in [4.78, 5) is 13.2. The van der Waals surface area contributed by atoms with Crippen LogP contribution in [-0.4, -0.2) is 193 Å². The molecule has 17 unspecified atom stereocenters. The lowest BCUT2D eigenvalue weighted by Gasteiger charge is -2.48. The van der Waals surface area contributed by atoms with Gasteiger partial charge in [-0.2, -0.15) is 0 Å². The molecule has 3 aliphatic rings. The van der Waals surface area contributed by atoms with Crippen molar-refractivity contribution in [3.05, 3.63) is 60.8 Å². The van der Waals surface area contributed by atoms with Crippen LogP contribution in [-0.2, 0) is 33.2 Å². The van der Waals surface area contributed by atoms with Gasteiger partial charge in [0, 0.05) is 6.42 Å². The Balaban J connectivity index is 1.51. The van der Waals surface area contributed by atoms with Crippen molar-refractivity contribution in [2.45, 2.75) is 253 Å². The van der Waals surface area contributed by atoms with E-state index in [-0.39, 0.29) is 18.9 Å². The van der Waals surface area contributed by atoms with E-state index in [1.165, 1.54) is 51.4 Å². The van der Waals surface area contributed by atoms with Crippen LogP contribution in [0, 0.1) is 0 Å². The van der Waals surface area contributed by atoms with Crippen molar-refractivity contribution in [2.75, 3.05) is 26.4 Å². The van der Waals surface area contributed by atoms with Crippen LogP contribution in [0.4, 0.5) is 0 Å². The van der Waals surface area contributed by atoms with Gasteiger partial charge < -0.3 is 89.9 Å². The van der Waals surface area contributed by atoms with Crippen LogP contribution in [0.3, 0.4) is 0 Å². The Hall–Kier alpha value is -2.51. The monoisotopic (exact) mass is 1060 g/mol. The fraction of sp³-hybridized carbons (Fsp3) is 0.800. The third kappa shape index (κ3) is 23.6. The second-order valence-electron chi connectivity index (χ2n) is 19.6. The highest BCUT2D eigenvalue weighted by Gasteiger charge is 2.53. The molecule has 0 aliphatic carbocycles. The van der Waals surface area contributed by atoms with Gasteiger partial charge in [0.2, 0.25) is 5.91 Å². The number of carbonyl (C=O) groups excluding carboxylic acids is 1. The molecule has 1 amide bonds. The molecule has 0 spiro atoms. The van der Waals surface area contributed by atoms with Crippen molar-refractivity contribution in [3.63, 3.8) is 0 Å². The highest BCUT2D eigenvalue weighted by molar-refractivity contribution is 5.76. The minimum absolute atomic E-state index is 0.224. The number of aliphatic hydroxyl groups excluding tert-OH is 11. The van der Waals surface area contributed by atoms with Crippen molar-refractivity contribution in [1.82, 2.24) is 5.32 Å². The molecule has 0 radical (unpaired) electrons. The number of ether oxygens (including phenoxy) is 6. The number of hydrogen-bond donors (Lipinski definition) is 12. The molecule has 19 nitrogen and oxygen atoms in total. The predicted octanol–water partition coefficient (Wildman–Crippen LogP) is 3.31. The van der Waals surface area contributed by atoms with Gasteiger partial charge >= 0.3 is 0 Å². The van der Waals surface area contributed by atoms with Crippen LogP contribution in [0.25, 0.3) is 0 Å². The molecule has 17 atom stereocenters. The van der Waals surface area contributed by atoms with E-state index in [0.29, 0.717) is 12.8 Å². The Morgan fingerprint density at radius 3 is 1.49 bits per heavy atom. The van der Waals surface area contributed by atoms with Crippen LogP contribution in [0.5, 0.6) is 0 Å². The molecule has 0 aromatic carbocycles. The van der Waals surface area contributed by atoms with E-state index in [0.717, 1.165) is 64.2 Å². The summed E-state index contributed by atoms with van der Waals surface area (Å²) in [5.41, 5.74) is 0. The highest BCUT2D eigenvalue weighted by atomic mass is 16.8. The standard InChI is InChI=1S/C55H95NO18/c1-3-5-7-9-11-13-15-16-17-18-19-20-21-22-23-25-27-29-31-33-43(61)56-38(39(60)32-30-28-26-24-14-12-10-8-6-4-2)37-69-53-49(67)46(64)51(41(35-58)71-53)74-55-50(68)47(65)52(42(36-59)72-55)73-54-48(66)45(63)44(62)40(34-57)70-54/h6,8,11,13-14,16-17,24,30,32,38-42,44-55,57-60,62-68H,3-5,7,9-10,12,15,18-23,25-29,31,33-37H2,1-2H3,(H,56,61)/b8-6+,13-11-,17-16-,24-14+,32-30+. The number of amides is 1. The van der Waals surface area contributed by atoms with Gasteiger partial charge in [0.05, 0.1) is 38.6 Å². The van der Waals surface area contributed by atoms with Gasteiger partial charge in [-0.05, 0) is 70.6 Å². The number of aliphatic hydroxyl groups is 11. The molecule has 19 heteroatoms. The van der Waals surface area contributed by atoms with Gasteiger partial charge in [-0.15, -0.1) is 0 Å². The van der Waals surface area contributed by atoms with E-state index in [2.05, 4.69) is 67.8 Å². The molecule has 3 heterocycles. The number of hydrogen-bond acceptors (Lipinski definition) is 18. The van der Waals surface area contributed by atoms with E-state index in [9.17, 15) is 61.0 Å². The van der Waals surface area contributed by atoms with Crippen molar-refractivity contribution in [3.8, 4) is 0 Å². The molecule has 3 saturated heterocycles. The fourth-order valence-electron chi connectivity index (χ4n) is 8.96. The number of allylic oxidation sites excluding steroid dienone is 9. The van der Waals surface area contributed by atoms with Gasteiger partial charge in [-0.3, -0.25) is 4.79 Å². The zero-order valence-corrected chi connectivity index (χ0v) is 44.0. The molecule has 0 saturated carbocycles. The van der Waals surface area contributed by atoms with E-state index in [4.69, 9.17) is 28.4 Å². The normalized spacial score (nSPS) is 31.9. The number of nitrogens with one attached hydrogen (secondary N) is 1. The first kappa shape index (κ1) is 65.8. The molecule has 428 valence electrons. The first-order chi connectivity index (χ1) is 35.8. The number of rotatable bonds is 38. The predicted molar refractivity (Wildman–Crippen MR) is 277 cm³/mol. The maximum Gasteiger partial charge on any atom is 0.220 e. The summed E-state index contributed by atoms with van der Waals surface area (Å²) in [6, 6.07) is -0.998. The summed E-state index contributed by atoms with van der Waals surface area (Å²) in [5.74, 6) is -0.301. The number of carbonyl (C=O) groups is 1. The molecule has 0 aromatic heterocycles. The summed E-state index contributed by atoms with van der Waals surface area (Å²) in [7, 11) is 0. The van der Waals surface area contributed by atoms with Crippen molar-refractivity contribution < 1.29 is 89.4 Å². The van der Waals surface area contributed by atoms with Gasteiger partial charge in [0.25, 0.3) is 0 Å². The van der Waals surface area contributed by atoms with E-state index >= 15 is 0 Å². The zero-order chi connectivity index (χ0) is 54.1. The lowest BCUT2D eigenvalue weighted by Crippen LogP contribution is -2.66. The Morgan fingerprint density at radius 2 is 0.946 bits per heavy atom. The van der Waals surface area contributed by atoms with Crippen molar-refractivity contribution >= 4 is 5.91 Å². The van der Waals surface area contributed by atoms with Gasteiger partial charge in [-0.25, -0.2) is 0 Å². The Kier molecular flexibility index (Phi) is 34.6. The molecule has 12 N–H and O–H groups in total. The lowest BCUT2D eigenvalue weighted by atomic mass is 9.96. The molecule has 3 aliphatic heterocycles. The zero-order valence-electron chi connectivity index (χ0n) is 44.0. The van der Waals surface area contributed by atoms with Crippen molar-refractivity contribution in [2.24, 2.45) is 0 Å². The molecule has 74 heavy (non-hydrogen) atoms. The van der Waals surface area contributed by atoms with E-state index < -0.39 is 124 Å². The Morgan fingerprint density at radius 1 is 0.500 bits per heavy atom. The molecule has 3 rings (SSSR count). The summed E-state index contributed by atoms with van der Waals surface area (Å²) in [6.07, 6.45) is 15.2. The average Bonchev–Trinajstić information content (AvgIpc) is 3.40. The summed E-state index contributed by atoms with van der Waals surface area (Å²) in [6.45, 7) is 1.50. The third-order valence-corrected chi connectivity index (χ3v) is 13.5. The molecule has 3 fully saturated rings. The molecular weight excluding hydrogens is 963 g/mol. The summed E-state index contributed by atoms with van der Waals surface area (Å²) >= 11 is 0. The number of unbranched alkanes of at least 4 members (excludes halogenated alkanes) is 14. The third-order valence-electron chi connectivity index (χ3n) is 13.5. The highest BCUT2D eigenvalue weighted by Crippen LogP contribution is 2.33. The fourth-order valence-corrected chi connectivity index (χ4v) is 8.96. The maximum atomic E-state index is 13.2. The van der Waals surface area contributed by atoms with Crippen LogP contribution < -0.4 is 5.32 Å². The van der Waals surface area contributed by atoms with Gasteiger partial charge in [-0.1, -0.05) is 132 Å². The second kappa shape index (κ2) is 38.9. The minimum Gasteiger partial charge on any atom is -0.394 e. The lowest BCUT2D eigenvalue weighted by molar-refractivity contribution is -0.379. The molecule has 0 aromatic rings. The summed E-state index contributed by atoms with van der Waals surface area (Å²) < 4.78 is 34.1. The minimum atomic E-state index is -1.98. The molecular formula is C55H95NO18. The average molecular weight is 1060 g/mol. The topological polar surface area (TPSA) is 307 Å². The van der Waals surface area contributed by atoms with Crippen LogP contribution in [0.2, 0.25) is 0 Å². The first-order valence-electron chi connectivity index (χ1n) is 27.5. The Labute approximate surface area is 439 Å². The largest absolute Gasteiger partial charge is 0.394 e. The second-order valence-corrected chi connectivity index (χ2v) is 19.6. The van der Waals surface area contributed by atoms with Gasteiger partial charge in [0.1, 0.15) is 73.2 Å². The van der Waals surface area contributed by atoms with Crippen LogP contribution in [0.15, 0.2) is 60.8 Å². The Bertz CT molecular complexity index is 1590. The van der Waals surface area contributed by atoms with Gasteiger partial charge in [0.15, 0.2) is 18.9 Å². The summed E-state index contributed by atoms with van der Waals surface area (Å²) in [5, 5.41) is 120. The SMILES string of the molecule is CC/C=C/CC/C=C/CC/C=C/C(O)C(COC1OC(CO)C(OC2OC(CO)C(OC3OC(CO)C(O)C(O)C3O)C(O)C2O)C(O)C1O)NC(=O)CCCCCCCCCCC/C=C\C/C=C\CCCCC. The van der Waals surface area contributed by atoms with E-state index in [1.54, 1.807) is 12.2 Å². The van der Waals surface area contributed by atoms with Crippen LogP contribution in [0.1, 0.15) is 149 Å². The first-order valence-corrected chi connectivity index (χ1v) is 27.5. The van der Waals surface area contributed by atoms with Crippen molar-refractivity contribution in [1.29, 1.82) is 0 Å².